The number of ether oxygens (including phenoxy) is 1. The molecule has 0 saturated heterocycles. The fraction of sp³-hybridized carbons (Fsp3) is 0.100. The highest BCUT2D eigenvalue weighted by Crippen LogP contribution is 2.32. The van der Waals surface area contributed by atoms with E-state index < -0.39 is 5.97 Å². The van der Waals surface area contributed by atoms with Crippen molar-refractivity contribution in [2.24, 2.45) is 0 Å². The smallest absolute Gasteiger partial charge is 0.339 e. The van der Waals surface area contributed by atoms with Gasteiger partial charge in [-0.25, -0.2) is 4.79 Å². The number of aromatic nitrogens is 1. The summed E-state index contributed by atoms with van der Waals surface area (Å²) in [7, 11) is 1.55. The minimum absolute atomic E-state index is 0.226. The highest BCUT2D eigenvalue weighted by atomic mass is 79.9. The first-order chi connectivity index (χ1) is 7.15. The fourth-order valence-corrected chi connectivity index (χ4v) is 2.12. The SMILES string of the molecule is COc1cccc2c(C(=O)O)c(Br)[nH]c12. The molecule has 78 valence electrons. The van der Waals surface area contributed by atoms with E-state index in [0.717, 1.165) is 0 Å². The summed E-state index contributed by atoms with van der Waals surface area (Å²) < 4.78 is 5.58. The first-order valence-corrected chi connectivity index (χ1v) is 5.02. The predicted molar refractivity (Wildman–Crippen MR) is 59.5 cm³/mol. The molecule has 1 aromatic heterocycles. The van der Waals surface area contributed by atoms with Crippen molar-refractivity contribution in [2.45, 2.75) is 0 Å². The van der Waals surface area contributed by atoms with Crippen LogP contribution in [-0.4, -0.2) is 23.2 Å². The van der Waals surface area contributed by atoms with Gasteiger partial charge in [0, 0.05) is 5.39 Å². The minimum Gasteiger partial charge on any atom is -0.495 e. The van der Waals surface area contributed by atoms with Gasteiger partial charge in [0.15, 0.2) is 0 Å². The number of halogens is 1. The van der Waals surface area contributed by atoms with E-state index in [4.69, 9.17) is 9.84 Å². The molecule has 2 N–H and O–H groups in total. The molecule has 0 saturated carbocycles. The van der Waals surface area contributed by atoms with Crippen molar-refractivity contribution in [3.63, 3.8) is 0 Å². The van der Waals surface area contributed by atoms with Gasteiger partial charge in [-0.2, -0.15) is 0 Å². The van der Waals surface area contributed by atoms with Gasteiger partial charge in [0.2, 0.25) is 0 Å². The number of carbonyl (C=O) groups is 1. The standard InChI is InChI=1S/C10H8BrNO3/c1-15-6-4-2-3-5-7(10(13)14)9(11)12-8(5)6/h2-4,12H,1H3,(H,13,14). The van der Waals surface area contributed by atoms with Crippen LogP contribution in [0.15, 0.2) is 22.8 Å². The van der Waals surface area contributed by atoms with Crippen LogP contribution in [0, 0.1) is 0 Å². The first-order valence-electron chi connectivity index (χ1n) is 4.22. The van der Waals surface area contributed by atoms with E-state index in [1.54, 1.807) is 25.3 Å². The number of nitrogens with one attached hydrogen (secondary N) is 1. The maximum atomic E-state index is 11.0. The molecule has 0 radical (unpaired) electrons. The third kappa shape index (κ3) is 1.48. The van der Waals surface area contributed by atoms with Crippen molar-refractivity contribution in [1.29, 1.82) is 0 Å². The minimum atomic E-state index is -0.971. The molecule has 5 heteroatoms. The lowest BCUT2D eigenvalue weighted by atomic mass is 10.1. The number of carboxylic acid groups (broad SMARTS) is 1. The van der Waals surface area contributed by atoms with E-state index >= 15 is 0 Å². The maximum absolute atomic E-state index is 11.0. The summed E-state index contributed by atoms with van der Waals surface area (Å²) in [6, 6.07) is 5.27. The molecular formula is C10H8BrNO3. The van der Waals surface area contributed by atoms with Crippen LogP contribution in [0.1, 0.15) is 10.4 Å². The molecule has 0 atom stereocenters. The second kappa shape index (κ2) is 3.58. The Morgan fingerprint density at radius 1 is 1.53 bits per heavy atom. The largest absolute Gasteiger partial charge is 0.495 e. The van der Waals surface area contributed by atoms with Crippen LogP contribution in [0.3, 0.4) is 0 Å². The van der Waals surface area contributed by atoms with Crippen LogP contribution in [0.5, 0.6) is 5.75 Å². The summed E-state index contributed by atoms with van der Waals surface area (Å²) in [5.41, 5.74) is 0.910. The van der Waals surface area contributed by atoms with E-state index in [2.05, 4.69) is 20.9 Å². The number of fused-ring (bicyclic) bond motifs is 1. The Bertz CT molecular complexity index is 533. The van der Waals surface area contributed by atoms with E-state index in [9.17, 15) is 4.79 Å². The number of hydrogen-bond acceptors (Lipinski definition) is 2. The van der Waals surface area contributed by atoms with Gasteiger partial charge in [-0.15, -0.1) is 0 Å². The van der Waals surface area contributed by atoms with Crippen molar-refractivity contribution >= 4 is 32.8 Å². The van der Waals surface area contributed by atoms with Gasteiger partial charge in [-0.05, 0) is 22.0 Å². The van der Waals surface area contributed by atoms with Gasteiger partial charge in [-0.1, -0.05) is 12.1 Å². The van der Waals surface area contributed by atoms with Crippen LogP contribution in [0.4, 0.5) is 0 Å². The van der Waals surface area contributed by atoms with Crippen LogP contribution in [0.25, 0.3) is 10.9 Å². The molecule has 1 heterocycles. The van der Waals surface area contributed by atoms with E-state index in [-0.39, 0.29) is 5.56 Å². The van der Waals surface area contributed by atoms with E-state index in [1.165, 1.54) is 0 Å². The van der Waals surface area contributed by atoms with Crippen LogP contribution < -0.4 is 4.74 Å². The maximum Gasteiger partial charge on any atom is 0.339 e. The number of aromatic amines is 1. The Morgan fingerprint density at radius 2 is 2.27 bits per heavy atom. The molecule has 15 heavy (non-hydrogen) atoms. The molecule has 0 aliphatic heterocycles. The predicted octanol–water partition coefficient (Wildman–Crippen LogP) is 2.64. The number of rotatable bonds is 2. The number of methoxy groups -OCH3 is 1. The van der Waals surface area contributed by atoms with Gasteiger partial charge in [0.1, 0.15) is 5.75 Å². The highest BCUT2D eigenvalue weighted by molar-refractivity contribution is 9.10. The molecule has 0 fully saturated rings. The zero-order valence-electron chi connectivity index (χ0n) is 7.87. The monoisotopic (exact) mass is 269 g/mol. The number of para-hydroxylation sites is 1. The number of hydrogen-bond donors (Lipinski definition) is 2. The van der Waals surface area contributed by atoms with Crippen LogP contribution in [-0.2, 0) is 0 Å². The molecule has 2 rings (SSSR count). The summed E-state index contributed by atoms with van der Waals surface area (Å²) in [6.07, 6.45) is 0. The zero-order chi connectivity index (χ0) is 11.0. The average Bonchev–Trinajstić information content (AvgIpc) is 2.53. The number of aromatic carboxylic acids is 1. The van der Waals surface area contributed by atoms with Crippen molar-refractivity contribution < 1.29 is 14.6 Å². The first kappa shape index (κ1) is 10.0. The second-order valence-electron chi connectivity index (χ2n) is 3.00. The van der Waals surface area contributed by atoms with E-state index in [1.807, 2.05) is 0 Å². The normalized spacial score (nSPS) is 10.5. The molecule has 2 aromatic rings. The molecular weight excluding hydrogens is 262 g/mol. The Balaban J connectivity index is 2.84. The second-order valence-corrected chi connectivity index (χ2v) is 3.79. The Morgan fingerprint density at radius 3 is 2.87 bits per heavy atom. The third-order valence-corrected chi connectivity index (χ3v) is 2.78. The molecule has 0 amide bonds. The Labute approximate surface area is 94.0 Å². The molecule has 0 spiro atoms. The summed E-state index contributed by atoms with van der Waals surface area (Å²) >= 11 is 3.18. The number of carboxylic acids is 1. The van der Waals surface area contributed by atoms with Gasteiger partial charge < -0.3 is 14.8 Å². The fourth-order valence-electron chi connectivity index (χ4n) is 1.54. The summed E-state index contributed by atoms with van der Waals surface area (Å²) in [6.45, 7) is 0. The number of benzene rings is 1. The highest BCUT2D eigenvalue weighted by Gasteiger charge is 2.17. The molecule has 0 aliphatic carbocycles. The summed E-state index contributed by atoms with van der Waals surface area (Å²) in [5.74, 6) is -0.345. The Hall–Kier alpha value is -1.49. The van der Waals surface area contributed by atoms with Gasteiger partial charge in [0.05, 0.1) is 22.8 Å². The topological polar surface area (TPSA) is 62.3 Å². The van der Waals surface area contributed by atoms with E-state index in [0.29, 0.717) is 21.3 Å². The Kier molecular flexibility index (Phi) is 2.40. The molecule has 0 bridgehead atoms. The van der Waals surface area contributed by atoms with Crippen LogP contribution in [0.2, 0.25) is 0 Å². The lowest BCUT2D eigenvalue weighted by Gasteiger charge is -2.00. The summed E-state index contributed by atoms with van der Waals surface area (Å²) in [4.78, 5) is 13.9. The summed E-state index contributed by atoms with van der Waals surface area (Å²) in [5, 5.41) is 9.66. The third-order valence-electron chi connectivity index (χ3n) is 2.18. The van der Waals surface area contributed by atoms with Crippen molar-refractivity contribution in [1.82, 2.24) is 4.98 Å². The van der Waals surface area contributed by atoms with Gasteiger partial charge in [-0.3, -0.25) is 0 Å². The lowest BCUT2D eigenvalue weighted by molar-refractivity contribution is 0.0698. The number of H-pyrrole nitrogens is 1. The molecule has 0 unspecified atom stereocenters. The zero-order valence-corrected chi connectivity index (χ0v) is 9.46. The van der Waals surface area contributed by atoms with Crippen molar-refractivity contribution in [3.8, 4) is 5.75 Å². The molecule has 0 aliphatic rings. The quantitative estimate of drug-likeness (QED) is 0.881. The molecule has 4 nitrogen and oxygen atoms in total. The van der Waals surface area contributed by atoms with Crippen LogP contribution >= 0.6 is 15.9 Å². The van der Waals surface area contributed by atoms with Gasteiger partial charge >= 0.3 is 5.97 Å². The lowest BCUT2D eigenvalue weighted by Crippen LogP contribution is -1.95. The van der Waals surface area contributed by atoms with Crippen molar-refractivity contribution in [2.75, 3.05) is 7.11 Å². The molecule has 1 aromatic carbocycles. The van der Waals surface area contributed by atoms with Crippen molar-refractivity contribution in [3.05, 3.63) is 28.4 Å². The average molecular weight is 270 g/mol. The van der Waals surface area contributed by atoms with Gasteiger partial charge in [0.25, 0.3) is 0 Å².